The minimum atomic E-state index is -3.55. The molecule has 0 radical (unpaired) electrons. The lowest BCUT2D eigenvalue weighted by atomic mass is 10.1. The Bertz CT molecular complexity index is 592. The zero-order valence-electron chi connectivity index (χ0n) is 13.8. The smallest absolute Gasteiger partial charge is 0.243 e. The Morgan fingerprint density at radius 1 is 1.10 bits per heavy atom. The van der Waals surface area contributed by atoms with Gasteiger partial charge in [-0.1, -0.05) is 19.9 Å². The van der Waals surface area contributed by atoms with Crippen molar-refractivity contribution in [1.29, 1.82) is 0 Å². The molecule has 1 aromatic carbocycles. The van der Waals surface area contributed by atoms with Crippen LogP contribution in [0.4, 0.5) is 0 Å². The number of hydrogen-bond acceptors (Lipinski definition) is 3. The van der Waals surface area contributed by atoms with Gasteiger partial charge in [-0.3, -0.25) is 0 Å². The maximum absolute atomic E-state index is 13.0. The molecule has 0 saturated carbocycles. The van der Waals surface area contributed by atoms with Crippen molar-refractivity contribution < 1.29 is 13.5 Å². The van der Waals surface area contributed by atoms with Crippen LogP contribution in [0, 0.1) is 19.8 Å². The van der Waals surface area contributed by atoms with E-state index in [1.54, 1.807) is 13.0 Å². The molecular formula is C16H27NO3S. The standard InChI is InChI=1S/C16H27NO3S/c1-11(2)9-17(12(3)4)21(19,20)16-8-15(10-18)13(5)7-14(16)6/h7-8,11-12,18H,9-10H2,1-6H3. The number of rotatable bonds is 6. The van der Waals surface area contributed by atoms with Gasteiger partial charge in [0.1, 0.15) is 0 Å². The lowest BCUT2D eigenvalue weighted by Gasteiger charge is -2.28. The van der Waals surface area contributed by atoms with Crippen molar-refractivity contribution in [3.8, 4) is 0 Å². The van der Waals surface area contributed by atoms with Crippen molar-refractivity contribution in [3.63, 3.8) is 0 Å². The first-order chi connectivity index (χ1) is 9.61. The monoisotopic (exact) mass is 313 g/mol. The predicted octanol–water partition coefficient (Wildman–Crippen LogP) is 2.85. The molecule has 1 aromatic rings. The molecule has 0 unspecified atom stereocenters. The molecule has 21 heavy (non-hydrogen) atoms. The van der Waals surface area contributed by atoms with E-state index >= 15 is 0 Å². The van der Waals surface area contributed by atoms with Crippen molar-refractivity contribution in [1.82, 2.24) is 4.31 Å². The lowest BCUT2D eigenvalue weighted by molar-refractivity contribution is 0.280. The minimum Gasteiger partial charge on any atom is -0.392 e. The topological polar surface area (TPSA) is 57.6 Å². The van der Waals surface area contributed by atoms with Crippen LogP contribution in [-0.4, -0.2) is 30.4 Å². The van der Waals surface area contributed by atoms with E-state index in [0.29, 0.717) is 17.0 Å². The summed E-state index contributed by atoms with van der Waals surface area (Å²) in [6.07, 6.45) is 0. The van der Waals surface area contributed by atoms with Crippen LogP contribution >= 0.6 is 0 Å². The van der Waals surface area contributed by atoms with Crippen molar-refractivity contribution >= 4 is 10.0 Å². The third-order valence-corrected chi connectivity index (χ3v) is 5.70. The third-order valence-electron chi connectivity index (χ3n) is 3.51. The van der Waals surface area contributed by atoms with Gasteiger partial charge in [0.2, 0.25) is 10.0 Å². The van der Waals surface area contributed by atoms with Crippen LogP contribution in [0.25, 0.3) is 0 Å². The third kappa shape index (κ3) is 4.05. The van der Waals surface area contributed by atoms with Crippen LogP contribution in [0.1, 0.15) is 44.4 Å². The largest absolute Gasteiger partial charge is 0.392 e. The van der Waals surface area contributed by atoms with Crippen LogP contribution in [0.3, 0.4) is 0 Å². The quantitative estimate of drug-likeness (QED) is 0.878. The van der Waals surface area contributed by atoms with E-state index in [9.17, 15) is 13.5 Å². The van der Waals surface area contributed by atoms with E-state index in [4.69, 9.17) is 0 Å². The second-order valence-electron chi connectivity index (χ2n) is 6.26. The molecule has 0 amide bonds. The molecule has 5 heteroatoms. The minimum absolute atomic E-state index is 0.101. The highest BCUT2D eigenvalue weighted by atomic mass is 32.2. The Morgan fingerprint density at radius 2 is 1.67 bits per heavy atom. The van der Waals surface area contributed by atoms with Crippen LogP contribution in [0.15, 0.2) is 17.0 Å². The first kappa shape index (κ1) is 18.1. The molecule has 0 aromatic heterocycles. The van der Waals surface area contributed by atoms with Crippen molar-refractivity contribution in [3.05, 3.63) is 28.8 Å². The fraction of sp³-hybridized carbons (Fsp3) is 0.625. The van der Waals surface area contributed by atoms with Crippen LogP contribution in [-0.2, 0) is 16.6 Å². The number of aryl methyl sites for hydroxylation is 2. The number of aliphatic hydroxyl groups is 1. The summed E-state index contributed by atoms with van der Waals surface area (Å²) >= 11 is 0. The van der Waals surface area contributed by atoms with Gasteiger partial charge in [0.05, 0.1) is 11.5 Å². The molecule has 0 aliphatic carbocycles. The van der Waals surface area contributed by atoms with Gasteiger partial charge in [-0.2, -0.15) is 4.31 Å². The van der Waals surface area contributed by atoms with E-state index in [-0.39, 0.29) is 18.6 Å². The summed E-state index contributed by atoms with van der Waals surface area (Å²) in [5, 5.41) is 9.38. The van der Waals surface area contributed by atoms with Gasteiger partial charge in [0, 0.05) is 12.6 Å². The summed E-state index contributed by atoms with van der Waals surface area (Å²) in [6.45, 7) is 11.8. The molecule has 0 aliphatic rings. The zero-order chi connectivity index (χ0) is 16.4. The van der Waals surface area contributed by atoms with E-state index in [0.717, 1.165) is 11.1 Å². The zero-order valence-corrected chi connectivity index (χ0v) is 14.7. The molecule has 0 saturated heterocycles. The molecule has 0 spiro atoms. The van der Waals surface area contributed by atoms with Gasteiger partial charge >= 0.3 is 0 Å². The van der Waals surface area contributed by atoms with E-state index in [1.165, 1.54) is 4.31 Å². The molecular weight excluding hydrogens is 286 g/mol. The van der Waals surface area contributed by atoms with Crippen molar-refractivity contribution in [2.45, 2.75) is 59.1 Å². The van der Waals surface area contributed by atoms with Gasteiger partial charge in [0.15, 0.2) is 0 Å². The van der Waals surface area contributed by atoms with Gasteiger partial charge in [-0.05, 0) is 56.4 Å². The second-order valence-corrected chi connectivity index (χ2v) is 8.12. The van der Waals surface area contributed by atoms with E-state index < -0.39 is 10.0 Å². The summed E-state index contributed by atoms with van der Waals surface area (Å²) < 4.78 is 27.4. The molecule has 1 N–H and O–H groups in total. The number of nitrogens with zero attached hydrogens (tertiary/aromatic N) is 1. The fourth-order valence-corrected chi connectivity index (χ4v) is 4.45. The number of sulfonamides is 1. The van der Waals surface area contributed by atoms with Gasteiger partial charge in [0.25, 0.3) is 0 Å². The van der Waals surface area contributed by atoms with Gasteiger partial charge in [-0.15, -0.1) is 0 Å². The average molecular weight is 313 g/mol. The predicted molar refractivity (Wildman–Crippen MR) is 85.7 cm³/mol. The van der Waals surface area contributed by atoms with Gasteiger partial charge in [-0.25, -0.2) is 8.42 Å². The Hall–Kier alpha value is -0.910. The molecule has 4 nitrogen and oxygen atoms in total. The molecule has 0 bridgehead atoms. The number of hydrogen-bond donors (Lipinski definition) is 1. The Labute approximate surface area is 128 Å². The highest BCUT2D eigenvalue weighted by Gasteiger charge is 2.29. The summed E-state index contributed by atoms with van der Waals surface area (Å²) in [7, 11) is -3.55. The Morgan fingerprint density at radius 3 is 2.10 bits per heavy atom. The molecule has 0 heterocycles. The van der Waals surface area contributed by atoms with Crippen molar-refractivity contribution in [2.75, 3.05) is 6.54 Å². The highest BCUT2D eigenvalue weighted by molar-refractivity contribution is 7.89. The SMILES string of the molecule is Cc1cc(C)c(S(=O)(=O)N(CC(C)C)C(C)C)cc1CO. The summed E-state index contributed by atoms with van der Waals surface area (Å²) in [5.41, 5.74) is 2.29. The Balaban J connectivity index is 3.41. The maximum Gasteiger partial charge on any atom is 0.243 e. The number of aliphatic hydroxyl groups excluding tert-OH is 1. The lowest BCUT2D eigenvalue weighted by Crippen LogP contribution is -2.39. The fourth-order valence-electron chi connectivity index (χ4n) is 2.40. The maximum atomic E-state index is 13.0. The van der Waals surface area contributed by atoms with Crippen LogP contribution in [0.2, 0.25) is 0 Å². The van der Waals surface area contributed by atoms with Crippen LogP contribution in [0.5, 0.6) is 0 Å². The average Bonchev–Trinajstić information content (AvgIpc) is 2.35. The summed E-state index contributed by atoms with van der Waals surface area (Å²) in [5.74, 6) is 0.255. The van der Waals surface area contributed by atoms with E-state index in [1.807, 2.05) is 40.7 Å². The first-order valence-corrected chi connectivity index (χ1v) is 8.78. The van der Waals surface area contributed by atoms with Crippen molar-refractivity contribution in [2.24, 2.45) is 5.92 Å². The summed E-state index contributed by atoms with van der Waals surface area (Å²) in [6, 6.07) is 3.33. The highest BCUT2D eigenvalue weighted by Crippen LogP contribution is 2.26. The van der Waals surface area contributed by atoms with E-state index in [2.05, 4.69) is 0 Å². The molecule has 120 valence electrons. The van der Waals surface area contributed by atoms with Crippen LogP contribution < -0.4 is 0 Å². The first-order valence-electron chi connectivity index (χ1n) is 7.34. The number of benzene rings is 1. The van der Waals surface area contributed by atoms with Gasteiger partial charge < -0.3 is 5.11 Å². The molecule has 0 atom stereocenters. The normalized spacial score (nSPS) is 12.7. The molecule has 0 fully saturated rings. The molecule has 1 rings (SSSR count). The summed E-state index contributed by atoms with van der Waals surface area (Å²) in [4.78, 5) is 0.298. The Kier molecular flexibility index (Phi) is 5.96. The second kappa shape index (κ2) is 6.90. The molecule has 0 aliphatic heterocycles.